The van der Waals surface area contributed by atoms with Gasteiger partial charge in [0.2, 0.25) is 0 Å². The number of unbranched alkanes of at least 4 members (excludes halogenated alkanes) is 47. The topological polar surface area (TPSA) is 78.9 Å². The van der Waals surface area contributed by atoms with E-state index in [-0.39, 0.29) is 31.1 Å². The molecule has 0 fully saturated rings. The number of hydrogen-bond acceptors (Lipinski definition) is 6. The van der Waals surface area contributed by atoms with Crippen molar-refractivity contribution in [3.63, 3.8) is 0 Å². The van der Waals surface area contributed by atoms with Gasteiger partial charge in [0.25, 0.3) is 0 Å². The molecule has 80 heavy (non-hydrogen) atoms. The monoisotopic (exact) mass is 1120 g/mol. The summed E-state index contributed by atoms with van der Waals surface area (Å²) in [4.78, 5) is 38.5. The quantitative estimate of drug-likeness (QED) is 0.0261. The van der Waals surface area contributed by atoms with Crippen LogP contribution in [0.25, 0.3) is 0 Å². The standard InChI is InChI=1S/C74H136O6/c1-4-7-10-13-16-19-22-25-28-31-34-36-37-38-41-43-46-49-52-55-58-61-64-67-73(76)79-70-71(69-78-72(75)66-63-60-57-54-51-48-45-42-39-33-30-27-24-21-18-15-12-9-6-3)80-74(77)68-65-62-59-56-53-50-47-44-40-35-32-29-26-23-20-17-14-11-8-5-2/h9,12,18,21,27,30,39,42,71H,4-8,10-11,13-17,19-20,22-26,28-29,31-38,40-41,43-70H2,1-3H3/b12-9-,21-18-,30-27-,42-39-. The lowest BCUT2D eigenvalue weighted by molar-refractivity contribution is -0.167. The minimum Gasteiger partial charge on any atom is -0.462 e. The number of carbonyl (C=O) groups excluding carboxylic acids is 3. The van der Waals surface area contributed by atoms with Crippen molar-refractivity contribution in [2.24, 2.45) is 0 Å². The fourth-order valence-electron chi connectivity index (χ4n) is 10.8. The van der Waals surface area contributed by atoms with Gasteiger partial charge in [0.1, 0.15) is 13.2 Å². The average molecular weight is 1120 g/mol. The molecule has 0 aliphatic carbocycles. The molecule has 0 aromatic heterocycles. The third-order valence-corrected chi connectivity index (χ3v) is 16.1. The lowest BCUT2D eigenvalue weighted by atomic mass is 10.0. The molecule has 6 nitrogen and oxygen atoms in total. The summed E-state index contributed by atoms with van der Waals surface area (Å²) in [6.45, 7) is 6.60. The summed E-state index contributed by atoms with van der Waals surface area (Å²) in [7, 11) is 0. The van der Waals surface area contributed by atoms with Crippen LogP contribution in [0.1, 0.15) is 387 Å². The Morgan fingerprint density at radius 2 is 0.487 bits per heavy atom. The highest BCUT2D eigenvalue weighted by atomic mass is 16.6. The Kier molecular flexibility index (Phi) is 66.6. The van der Waals surface area contributed by atoms with Gasteiger partial charge >= 0.3 is 17.9 Å². The molecule has 0 aliphatic heterocycles. The third-order valence-electron chi connectivity index (χ3n) is 16.1. The highest BCUT2D eigenvalue weighted by Gasteiger charge is 2.19. The molecule has 0 radical (unpaired) electrons. The third kappa shape index (κ3) is 66.2. The van der Waals surface area contributed by atoms with Gasteiger partial charge in [-0.15, -0.1) is 0 Å². The molecule has 6 heteroatoms. The van der Waals surface area contributed by atoms with E-state index in [0.717, 1.165) is 89.9 Å². The zero-order valence-electron chi connectivity index (χ0n) is 53.9. The summed E-state index contributed by atoms with van der Waals surface area (Å²) in [6.07, 6.45) is 87.1. The van der Waals surface area contributed by atoms with Gasteiger partial charge < -0.3 is 14.2 Å². The van der Waals surface area contributed by atoms with Crippen molar-refractivity contribution < 1.29 is 28.6 Å². The van der Waals surface area contributed by atoms with E-state index >= 15 is 0 Å². The maximum Gasteiger partial charge on any atom is 0.306 e. The van der Waals surface area contributed by atoms with Crippen molar-refractivity contribution in [3.05, 3.63) is 48.6 Å². The Labute approximate surface area is 498 Å². The first kappa shape index (κ1) is 77.4. The van der Waals surface area contributed by atoms with Crippen LogP contribution < -0.4 is 0 Å². The van der Waals surface area contributed by atoms with E-state index in [2.05, 4.69) is 69.4 Å². The molecule has 0 amide bonds. The fourth-order valence-corrected chi connectivity index (χ4v) is 10.8. The van der Waals surface area contributed by atoms with Crippen LogP contribution in [0.15, 0.2) is 48.6 Å². The number of esters is 3. The van der Waals surface area contributed by atoms with Crippen LogP contribution in [-0.2, 0) is 28.6 Å². The Balaban J connectivity index is 4.32. The second kappa shape index (κ2) is 68.9. The molecule has 0 aromatic rings. The van der Waals surface area contributed by atoms with Crippen molar-refractivity contribution in [1.82, 2.24) is 0 Å². The van der Waals surface area contributed by atoms with Crippen molar-refractivity contribution in [1.29, 1.82) is 0 Å². The summed E-state index contributed by atoms with van der Waals surface area (Å²) in [6, 6.07) is 0. The van der Waals surface area contributed by atoms with Crippen molar-refractivity contribution in [2.75, 3.05) is 13.2 Å². The Morgan fingerprint density at radius 3 is 0.762 bits per heavy atom. The molecule has 1 atom stereocenters. The average Bonchev–Trinajstić information content (AvgIpc) is 3.46. The summed E-state index contributed by atoms with van der Waals surface area (Å²) in [5, 5.41) is 0. The van der Waals surface area contributed by atoms with E-state index in [9.17, 15) is 14.4 Å². The second-order valence-electron chi connectivity index (χ2n) is 24.1. The first-order chi connectivity index (χ1) is 39.5. The molecule has 0 saturated carbocycles. The molecule has 1 unspecified atom stereocenters. The minimum absolute atomic E-state index is 0.0720. The molecule has 0 aliphatic rings. The highest BCUT2D eigenvalue weighted by molar-refractivity contribution is 5.71. The van der Waals surface area contributed by atoms with Gasteiger partial charge in [0.15, 0.2) is 6.10 Å². The minimum atomic E-state index is -0.778. The van der Waals surface area contributed by atoms with E-state index < -0.39 is 6.10 Å². The molecule has 468 valence electrons. The Morgan fingerprint density at radius 1 is 0.263 bits per heavy atom. The smallest absolute Gasteiger partial charge is 0.306 e. The van der Waals surface area contributed by atoms with Crippen molar-refractivity contribution >= 4 is 17.9 Å². The Bertz CT molecular complexity index is 1380. The van der Waals surface area contributed by atoms with Gasteiger partial charge in [-0.05, 0) is 57.8 Å². The maximum absolute atomic E-state index is 13.0. The zero-order chi connectivity index (χ0) is 57.8. The summed E-state index contributed by atoms with van der Waals surface area (Å²) >= 11 is 0. The van der Waals surface area contributed by atoms with E-state index in [4.69, 9.17) is 14.2 Å². The summed E-state index contributed by atoms with van der Waals surface area (Å²) in [5.41, 5.74) is 0. The number of ether oxygens (including phenoxy) is 3. The number of carbonyl (C=O) groups is 3. The summed E-state index contributed by atoms with van der Waals surface area (Å²) < 4.78 is 17.0. The molecule has 0 N–H and O–H groups in total. The van der Waals surface area contributed by atoms with Gasteiger partial charge in [-0.25, -0.2) is 0 Å². The van der Waals surface area contributed by atoms with E-state index in [1.165, 1.54) is 257 Å². The van der Waals surface area contributed by atoms with Gasteiger partial charge in [-0.2, -0.15) is 0 Å². The van der Waals surface area contributed by atoms with Gasteiger partial charge in [0, 0.05) is 19.3 Å². The normalized spacial score (nSPS) is 12.3. The molecular weight excluding hydrogens is 985 g/mol. The van der Waals surface area contributed by atoms with Crippen LogP contribution in [0.5, 0.6) is 0 Å². The highest BCUT2D eigenvalue weighted by Crippen LogP contribution is 2.19. The van der Waals surface area contributed by atoms with E-state index in [0.29, 0.717) is 19.3 Å². The SMILES string of the molecule is CC/C=C\C/C=C\C/C=C\C/C=C\CCCCCCCCC(=O)OCC(COC(=O)CCCCCCCCCCCCCCCCCCCCCCCCC)OC(=O)CCCCCCCCCCCCCCCCCCCCCC. The molecule has 0 aromatic carbocycles. The second-order valence-corrected chi connectivity index (χ2v) is 24.1. The zero-order valence-corrected chi connectivity index (χ0v) is 53.9. The van der Waals surface area contributed by atoms with Crippen LogP contribution in [0.2, 0.25) is 0 Å². The first-order valence-corrected chi connectivity index (χ1v) is 35.6. The molecule has 0 spiro atoms. The molecule has 0 rings (SSSR count). The lowest BCUT2D eigenvalue weighted by Gasteiger charge is -2.18. The van der Waals surface area contributed by atoms with Crippen LogP contribution in [0, 0.1) is 0 Å². The van der Waals surface area contributed by atoms with Gasteiger partial charge in [0.05, 0.1) is 0 Å². The molecule has 0 saturated heterocycles. The van der Waals surface area contributed by atoms with Crippen LogP contribution in [0.3, 0.4) is 0 Å². The van der Waals surface area contributed by atoms with Gasteiger partial charge in [-0.3, -0.25) is 14.4 Å². The van der Waals surface area contributed by atoms with Crippen LogP contribution in [-0.4, -0.2) is 37.2 Å². The van der Waals surface area contributed by atoms with Crippen LogP contribution >= 0.6 is 0 Å². The maximum atomic E-state index is 13.0. The Hall–Kier alpha value is -2.63. The summed E-state index contributed by atoms with van der Waals surface area (Å²) in [5.74, 6) is -0.856. The van der Waals surface area contributed by atoms with Crippen molar-refractivity contribution in [2.45, 2.75) is 393 Å². The van der Waals surface area contributed by atoms with Crippen LogP contribution in [0.4, 0.5) is 0 Å². The number of rotatable bonds is 66. The van der Waals surface area contributed by atoms with E-state index in [1.807, 2.05) is 0 Å². The molecule has 0 heterocycles. The molecular formula is C74H136O6. The fraction of sp³-hybridized carbons (Fsp3) is 0.851. The predicted molar refractivity (Wildman–Crippen MR) is 349 cm³/mol. The number of hydrogen-bond donors (Lipinski definition) is 0. The van der Waals surface area contributed by atoms with Gasteiger partial charge in [-0.1, -0.05) is 358 Å². The molecule has 0 bridgehead atoms. The lowest BCUT2D eigenvalue weighted by Crippen LogP contribution is -2.30. The first-order valence-electron chi connectivity index (χ1n) is 35.6. The number of allylic oxidation sites excluding steroid dienone is 8. The van der Waals surface area contributed by atoms with Crippen molar-refractivity contribution in [3.8, 4) is 0 Å². The van der Waals surface area contributed by atoms with E-state index in [1.54, 1.807) is 0 Å². The largest absolute Gasteiger partial charge is 0.462 e. The predicted octanol–water partition coefficient (Wildman–Crippen LogP) is 24.5.